The fourth-order valence-electron chi connectivity index (χ4n) is 2.99. The first-order chi connectivity index (χ1) is 11.5. The van der Waals surface area contributed by atoms with E-state index < -0.39 is 0 Å². The van der Waals surface area contributed by atoms with Crippen LogP contribution in [-0.4, -0.2) is 34.9 Å². The summed E-state index contributed by atoms with van der Waals surface area (Å²) < 4.78 is 5.66. The van der Waals surface area contributed by atoms with Gasteiger partial charge in [0.25, 0.3) is 5.91 Å². The smallest absolute Gasteiger partial charge is 0.251 e. The largest absolute Gasteiger partial charge is 0.444 e. The zero-order valence-corrected chi connectivity index (χ0v) is 14.8. The SMILES string of the molecule is Cc1nc(CN2CCCC(NC(=O)c3ccc(Cl)cc3)C2)oc1C. The van der Waals surface area contributed by atoms with Crippen LogP contribution in [0.2, 0.25) is 5.02 Å². The number of carbonyl (C=O) groups is 1. The first-order valence-electron chi connectivity index (χ1n) is 8.23. The van der Waals surface area contributed by atoms with Crippen molar-refractivity contribution in [2.45, 2.75) is 39.3 Å². The Morgan fingerprint density at radius 3 is 2.79 bits per heavy atom. The second-order valence-corrected chi connectivity index (χ2v) is 6.74. The number of likely N-dealkylation sites (tertiary alicyclic amines) is 1. The minimum atomic E-state index is -0.0543. The molecule has 0 aliphatic carbocycles. The maximum absolute atomic E-state index is 12.3. The number of halogens is 1. The molecule has 3 rings (SSSR count). The van der Waals surface area contributed by atoms with Gasteiger partial charge in [0.05, 0.1) is 12.2 Å². The van der Waals surface area contributed by atoms with Crippen molar-refractivity contribution in [2.75, 3.05) is 13.1 Å². The van der Waals surface area contributed by atoms with E-state index in [-0.39, 0.29) is 11.9 Å². The maximum Gasteiger partial charge on any atom is 0.251 e. The van der Waals surface area contributed by atoms with Crippen LogP contribution in [0, 0.1) is 13.8 Å². The number of rotatable bonds is 4. The third-order valence-electron chi connectivity index (χ3n) is 4.38. The Kier molecular flexibility index (Phi) is 5.21. The van der Waals surface area contributed by atoms with Crippen molar-refractivity contribution >= 4 is 17.5 Å². The van der Waals surface area contributed by atoms with Gasteiger partial charge in [0.2, 0.25) is 5.89 Å². The number of hydrogen-bond acceptors (Lipinski definition) is 4. The molecule has 1 saturated heterocycles. The molecule has 2 heterocycles. The molecular weight excluding hydrogens is 326 g/mol. The van der Waals surface area contributed by atoms with Crippen LogP contribution < -0.4 is 5.32 Å². The molecule has 0 spiro atoms. The topological polar surface area (TPSA) is 58.4 Å². The van der Waals surface area contributed by atoms with Crippen LogP contribution in [0.5, 0.6) is 0 Å². The number of nitrogens with zero attached hydrogens (tertiary/aromatic N) is 2. The number of piperidine rings is 1. The van der Waals surface area contributed by atoms with Crippen molar-refractivity contribution in [1.29, 1.82) is 0 Å². The molecule has 2 aromatic rings. The van der Waals surface area contributed by atoms with Gasteiger partial charge in [-0.05, 0) is 57.5 Å². The van der Waals surface area contributed by atoms with Crippen LogP contribution in [0.25, 0.3) is 0 Å². The van der Waals surface area contributed by atoms with E-state index in [2.05, 4.69) is 15.2 Å². The molecule has 1 aliphatic rings. The molecule has 1 aromatic carbocycles. The molecule has 128 valence electrons. The summed E-state index contributed by atoms with van der Waals surface area (Å²) in [6, 6.07) is 7.10. The van der Waals surface area contributed by atoms with E-state index in [0.29, 0.717) is 17.1 Å². The highest BCUT2D eigenvalue weighted by Gasteiger charge is 2.23. The first kappa shape index (κ1) is 17.0. The van der Waals surface area contributed by atoms with Crippen LogP contribution in [-0.2, 0) is 6.54 Å². The van der Waals surface area contributed by atoms with E-state index in [4.69, 9.17) is 16.0 Å². The van der Waals surface area contributed by atoms with E-state index >= 15 is 0 Å². The molecule has 0 radical (unpaired) electrons. The van der Waals surface area contributed by atoms with Crippen LogP contribution in [0.1, 0.15) is 40.5 Å². The van der Waals surface area contributed by atoms with E-state index in [1.54, 1.807) is 24.3 Å². The Bertz CT molecular complexity index is 692. The van der Waals surface area contributed by atoms with Crippen molar-refractivity contribution in [3.05, 3.63) is 52.2 Å². The fourth-order valence-corrected chi connectivity index (χ4v) is 3.11. The van der Waals surface area contributed by atoms with Gasteiger partial charge in [0.15, 0.2) is 0 Å². The van der Waals surface area contributed by atoms with Crippen LogP contribution >= 0.6 is 11.6 Å². The van der Waals surface area contributed by atoms with E-state index in [0.717, 1.165) is 43.3 Å². The molecule has 1 N–H and O–H groups in total. The van der Waals surface area contributed by atoms with Crippen molar-refractivity contribution in [2.24, 2.45) is 0 Å². The van der Waals surface area contributed by atoms with Crippen molar-refractivity contribution in [1.82, 2.24) is 15.2 Å². The normalized spacial score (nSPS) is 18.5. The summed E-state index contributed by atoms with van der Waals surface area (Å²) in [7, 11) is 0. The molecular formula is C18H22ClN3O2. The Labute approximate surface area is 147 Å². The molecule has 0 saturated carbocycles. The van der Waals surface area contributed by atoms with E-state index in [1.807, 2.05) is 13.8 Å². The Morgan fingerprint density at radius 2 is 2.12 bits per heavy atom. The van der Waals surface area contributed by atoms with Gasteiger partial charge in [-0.2, -0.15) is 0 Å². The number of aryl methyl sites for hydroxylation is 2. The quantitative estimate of drug-likeness (QED) is 0.921. The predicted molar refractivity (Wildman–Crippen MR) is 93.2 cm³/mol. The van der Waals surface area contributed by atoms with Gasteiger partial charge in [0, 0.05) is 23.2 Å². The lowest BCUT2D eigenvalue weighted by atomic mass is 10.0. The average Bonchev–Trinajstić information content (AvgIpc) is 2.86. The Morgan fingerprint density at radius 1 is 1.38 bits per heavy atom. The molecule has 1 aromatic heterocycles. The highest BCUT2D eigenvalue weighted by molar-refractivity contribution is 6.30. The summed E-state index contributed by atoms with van der Waals surface area (Å²) in [5.41, 5.74) is 1.57. The highest BCUT2D eigenvalue weighted by Crippen LogP contribution is 2.16. The number of nitrogens with one attached hydrogen (secondary N) is 1. The van der Waals surface area contributed by atoms with Gasteiger partial charge < -0.3 is 9.73 Å². The van der Waals surface area contributed by atoms with Crippen molar-refractivity contribution in [3.8, 4) is 0 Å². The zero-order chi connectivity index (χ0) is 17.1. The monoisotopic (exact) mass is 347 g/mol. The molecule has 6 heteroatoms. The lowest BCUT2D eigenvalue weighted by Crippen LogP contribution is -2.47. The molecule has 5 nitrogen and oxygen atoms in total. The lowest BCUT2D eigenvalue weighted by molar-refractivity contribution is 0.0896. The number of aromatic nitrogens is 1. The summed E-state index contributed by atoms with van der Waals surface area (Å²) in [5.74, 6) is 1.56. The summed E-state index contributed by atoms with van der Waals surface area (Å²) in [6.45, 7) is 6.36. The number of amides is 1. The Hall–Kier alpha value is -1.85. The lowest BCUT2D eigenvalue weighted by Gasteiger charge is -2.32. The Balaban J connectivity index is 1.57. The average molecular weight is 348 g/mol. The van der Waals surface area contributed by atoms with Gasteiger partial charge in [0.1, 0.15) is 5.76 Å². The van der Waals surface area contributed by atoms with E-state index in [9.17, 15) is 4.79 Å². The zero-order valence-electron chi connectivity index (χ0n) is 14.0. The van der Waals surface area contributed by atoms with Gasteiger partial charge in [-0.15, -0.1) is 0 Å². The molecule has 1 aliphatic heterocycles. The van der Waals surface area contributed by atoms with Gasteiger partial charge in [-0.3, -0.25) is 9.69 Å². The minimum Gasteiger partial charge on any atom is -0.444 e. The highest BCUT2D eigenvalue weighted by atomic mass is 35.5. The third kappa shape index (κ3) is 4.16. The second kappa shape index (κ2) is 7.36. The molecule has 1 fully saturated rings. The number of carbonyl (C=O) groups excluding carboxylic acids is 1. The molecule has 0 bridgehead atoms. The summed E-state index contributed by atoms with van der Waals surface area (Å²) in [4.78, 5) is 19.1. The standard InChI is InChI=1S/C18H22ClN3O2/c1-12-13(2)24-17(20-12)11-22-9-3-4-16(10-22)21-18(23)14-5-7-15(19)8-6-14/h5-8,16H,3-4,9-11H2,1-2H3,(H,21,23). The van der Waals surface area contributed by atoms with Crippen molar-refractivity contribution < 1.29 is 9.21 Å². The summed E-state index contributed by atoms with van der Waals surface area (Å²) in [5, 5.41) is 3.74. The fraction of sp³-hybridized carbons (Fsp3) is 0.444. The number of hydrogen-bond donors (Lipinski definition) is 1. The molecule has 1 amide bonds. The van der Waals surface area contributed by atoms with Gasteiger partial charge >= 0.3 is 0 Å². The number of oxazole rings is 1. The predicted octanol–water partition coefficient (Wildman–Crippen LogP) is 3.34. The second-order valence-electron chi connectivity index (χ2n) is 6.30. The molecule has 1 unspecified atom stereocenters. The first-order valence-corrected chi connectivity index (χ1v) is 8.61. The van der Waals surface area contributed by atoms with Crippen LogP contribution in [0.4, 0.5) is 0 Å². The van der Waals surface area contributed by atoms with Gasteiger partial charge in [-0.1, -0.05) is 11.6 Å². The summed E-state index contributed by atoms with van der Waals surface area (Å²) in [6.07, 6.45) is 2.03. The molecule has 1 atom stereocenters. The third-order valence-corrected chi connectivity index (χ3v) is 4.63. The van der Waals surface area contributed by atoms with E-state index in [1.165, 1.54) is 0 Å². The number of benzene rings is 1. The van der Waals surface area contributed by atoms with Crippen LogP contribution in [0.3, 0.4) is 0 Å². The van der Waals surface area contributed by atoms with Gasteiger partial charge in [-0.25, -0.2) is 4.98 Å². The van der Waals surface area contributed by atoms with Crippen molar-refractivity contribution in [3.63, 3.8) is 0 Å². The molecule has 24 heavy (non-hydrogen) atoms. The van der Waals surface area contributed by atoms with Crippen LogP contribution in [0.15, 0.2) is 28.7 Å². The minimum absolute atomic E-state index is 0.0543. The maximum atomic E-state index is 12.3. The summed E-state index contributed by atoms with van der Waals surface area (Å²) >= 11 is 5.86.